The summed E-state index contributed by atoms with van der Waals surface area (Å²) in [5.41, 5.74) is 1.30. The summed E-state index contributed by atoms with van der Waals surface area (Å²) in [6, 6.07) is 5.56. The molecule has 1 unspecified atom stereocenters. The van der Waals surface area contributed by atoms with Crippen molar-refractivity contribution in [3.8, 4) is 0 Å². The second-order valence-corrected chi connectivity index (χ2v) is 6.29. The molecule has 30 heavy (non-hydrogen) atoms. The van der Waals surface area contributed by atoms with Crippen molar-refractivity contribution in [1.82, 2.24) is 5.32 Å². The number of benzene rings is 1. The number of rotatable bonds is 8. The topological polar surface area (TPSA) is 126 Å². The number of carbonyl (C=O) groups excluding carboxylic acids is 2. The van der Waals surface area contributed by atoms with E-state index in [1.807, 2.05) is 0 Å². The summed E-state index contributed by atoms with van der Waals surface area (Å²) in [5.74, 6) is -2.26. The number of nitrogens with zero attached hydrogens (tertiary/aromatic N) is 1. The summed E-state index contributed by atoms with van der Waals surface area (Å²) >= 11 is 0. The van der Waals surface area contributed by atoms with Gasteiger partial charge in [-0.1, -0.05) is 12.1 Å². The van der Waals surface area contributed by atoms with E-state index in [1.165, 1.54) is 45.6 Å². The first-order valence-electron chi connectivity index (χ1n) is 9.07. The van der Waals surface area contributed by atoms with Gasteiger partial charge in [0.2, 0.25) is 0 Å². The van der Waals surface area contributed by atoms with Gasteiger partial charge >= 0.3 is 11.9 Å². The van der Waals surface area contributed by atoms with E-state index in [1.54, 1.807) is 13.8 Å². The molecule has 1 N–H and O–H groups in total. The van der Waals surface area contributed by atoms with Gasteiger partial charge in [-0.15, -0.1) is 0 Å². The Morgan fingerprint density at radius 3 is 2.17 bits per heavy atom. The highest BCUT2D eigenvalue weighted by atomic mass is 16.7. The molecule has 162 valence electrons. The molecule has 1 aromatic carbocycles. The number of hydrogen-bond donors (Lipinski definition) is 1. The fourth-order valence-electron chi connectivity index (χ4n) is 3.31. The molecule has 0 saturated heterocycles. The fourth-order valence-corrected chi connectivity index (χ4v) is 3.31. The lowest BCUT2D eigenvalue weighted by Crippen LogP contribution is -2.38. The highest BCUT2D eigenvalue weighted by Crippen LogP contribution is 2.40. The fraction of sp³-hybridized carbons (Fsp3) is 0.400. The third-order valence-corrected chi connectivity index (χ3v) is 4.60. The second-order valence-electron chi connectivity index (χ2n) is 6.29. The molecule has 1 atom stereocenters. The molecule has 0 aliphatic carbocycles. The minimum Gasteiger partial charge on any atom is -0.466 e. The van der Waals surface area contributed by atoms with Gasteiger partial charge < -0.3 is 24.3 Å². The zero-order valence-electron chi connectivity index (χ0n) is 17.4. The van der Waals surface area contributed by atoms with Crippen LogP contribution in [-0.2, 0) is 28.5 Å². The van der Waals surface area contributed by atoms with Gasteiger partial charge in [0.1, 0.15) is 0 Å². The van der Waals surface area contributed by atoms with E-state index in [2.05, 4.69) is 5.32 Å². The first-order chi connectivity index (χ1) is 14.3. The van der Waals surface area contributed by atoms with Crippen LogP contribution in [0.2, 0.25) is 0 Å². The van der Waals surface area contributed by atoms with Gasteiger partial charge in [0.15, 0.2) is 6.29 Å². The minimum atomic E-state index is -0.946. The smallest absolute Gasteiger partial charge is 0.336 e. The van der Waals surface area contributed by atoms with Gasteiger partial charge in [0.05, 0.1) is 41.4 Å². The molecule has 0 amide bonds. The van der Waals surface area contributed by atoms with E-state index in [0.717, 1.165) is 0 Å². The van der Waals surface area contributed by atoms with Crippen molar-refractivity contribution in [2.75, 3.05) is 27.9 Å². The Morgan fingerprint density at radius 2 is 1.70 bits per heavy atom. The van der Waals surface area contributed by atoms with Crippen molar-refractivity contribution < 1.29 is 33.5 Å². The molecule has 1 heterocycles. The zero-order valence-corrected chi connectivity index (χ0v) is 17.4. The first-order valence-corrected chi connectivity index (χ1v) is 9.07. The van der Waals surface area contributed by atoms with Gasteiger partial charge in [-0.25, -0.2) is 9.59 Å². The number of hydrogen-bond acceptors (Lipinski definition) is 9. The number of nitrogens with one attached hydrogen (secondary N) is 1. The number of nitro groups is 1. The molecule has 0 fully saturated rings. The van der Waals surface area contributed by atoms with Gasteiger partial charge in [0.25, 0.3) is 5.69 Å². The molecule has 0 saturated carbocycles. The van der Waals surface area contributed by atoms with Crippen LogP contribution in [0.15, 0.2) is 46.8 Å². The predicted octanol–water partition coefficient (Wildman–Crippen LogP) is 2.16. The lowest BCUT2D eigenvalue weighted by Gasteiger charge is -2.33. The summed E-state index contributed by atoms with van der Waals surface area (Å²) in [6.45, 7) is 3.45. The molecule has 10 nitrogen and oxygen atoms in total. The average molecular weight is 420 g/mol. The summed E-state index contributed by atoms with van der Waals surface area (Å²) < 4.78 is 20.8. The lowest BCUT2D eigenvalue weighted by atomic mass is 9.80. The highest BCUT2D eigenvalue weighted by Gasteiger charge is 2.41. The number of esters is 2. The van der Waals surface area contributed by atoms with Crippen LogP contribution in [0.4, 0.5) is 5.69 Å². The van der Waals surface area contributed by atoms with E-state index in [4.69, 9.17) is 18.9 Å². The molecule has 10 heteroatoms. The number of ether oxygens (including phenoxy) is 4. The molecule has 0 aromatic heterocycles. The van der Waals surface area contributed by atoms with E-state index in [-0.39, 0.29) is 29.1 Å². The molecule has 1 aliphatic heterocycles. The second kappa shape index (κ2) is 9.99. The molecular weight excluding hydrogens is 396 g/mol. The summed E-state index contributed by atoms with van der Waals surface area (Å²) in [4.78, 5) is 36.1. The molecular formula is C20H24N2O8. The number of non-ortho nitro benzene ring substituents is 1. The maximum Gasteiger partial charge on any atom is 0.336 e. The Morgan fingerprint density at radius 1 is 1.10 bits per heavy atom. The Kier molecular flexibility index (Phi) is 7.67. The number of carbonyl (C=O) groups is 2. The third-order valence-electron chi connectivity index (χ3n) is 4.60. The third kappa shape index (κ3) is 4.50. The standard InChI is InChI=1S/C20H24N2O8/c1-6-30-19(24)14-11(2)21-17(20(28-4)29-5)16(18(23)27-3)15(14)12-7-9-13(10-8-12)22(25)26/h7-10,15,20-21H,6H2,1-5H3. The number of nitro benzene ring substituents is 1. The summed E-state index contributed by atoms with van der Waals surface area (Å²) in [7, 11) is 4.01. The van der Waals surface area contributed by atoms with Crippen molar-refractivity contribution in [2.24, 2.45) is 0 Å². The van der Waals surface area contributed by atoms with Crippen LogP contribution in [0.3, 0.4) is 0 Å². The number of dihydropyridines is 1. The van der Waals surface area contributed by atoms with Crippen LogP contribution in [0.5, 0.6) is 0 Å². The van der Waals surface area contributed by atoms with E-state index in [0.29, 0.717) is 11.3 Å². The summed E-state index contributed by atoms with van der Waals surface area (Å²) in [5, 5.41) is 14.0. The largest absolute Gasteiger partial charge is 0.466 e. The molecule has 2 rings (SSSR count). The molecule has 1 aromatic rings. The average Bonchev–Trinajstić information content (AvgIpc) is 2.73. The monoisotopic (exact) mass is 420 g/mol. The maximum absolute atomic E-state index is 12.8. The highest BCUT2D eigenvalue weighted by molar-refractivity contribution is 6.00. The van der Waals surface area contributed by atoms with Crippen LogP contribution in [0, 0.1) is 10.1 Å². The normalized spacial score (nSPS) is 16.4. The van der Waals surface area contributed by atoms with Crippen molar-refractivity contribution in [1.29, 1.82) is 0 Å². The van der Waals surface area contributed by atoms with E-state index < -0.39 is 29.1 Å². The van der Waals surface area contributed by atoms with Crippen LogP contribution >= 0.6 is 0 Å². The SMILES string of the molecule is CCOC(=O)C1=C(C)NC(C(OC)OC)=C(C(=O)OC)C1c1ccc([N+](=O)[O-])cc1. The number of methoxy groups -OCH3 is 3. The van der Waals surface area contributed by atoms with Crippen molar-refractivity contribution in [3.63, 3.8) is 0 Å². The minimum absolute atomic E-state index is 0.0775. The Balaban J connectivity index is 2.77. The van der Waals surface area contributed by atoms with Crippen LogP contribution in [0.25, 0.3) is 0 Å². The van der Waals surface area contributed by atoms with Crippen molar-refractivity contribution >= 4 is 17.6 Å². The Labute approximate surface area is 173 Å². The Bertz CT molecular complexity index is 885. The van der Waals surface area contributed by atoms with Gasteiger partial charge in [0, 0.05) is 32.0 Å². The zero-order chi connectivity index (χ0) is 22.4. The van der Waals surface area contributed by atoms with E-state index >= 15 is 0 Å². The maximum atomic E-state index is 12.8. The quantitative estimate of drug-likeness (QED) is 0.291. The first kappa shape index (κ1) is 23.0. The molecule has 0 radical (unpaired) electrons. The summed E-state index contributed by atoms with van der Waals surface area (Å²) in [6.07, 6.45) is -0.946. The molecule has 1 aliphatic rings. The van der Waals surface area contributed by atoms with E-state index in [9.17, 15) is 19.7 Å². The molecule has 0 bridgehead atoms. The number of allylic oxidation sites excluding steroid dienone is 1. The predicted molar refractivity (Wildman–Crippen MR) is 105 cm³/mol. The van der Waals surface area contributed by atoms with Crippen LogP contribution in [0.1, 0.15) is 25.3 Å². The van der Waals surface area contributed by atoms with Crippen LogP contribution < -0.4 is 5.32 Å². The van der Waals surface area contributed by atoms with Crippen LogP contribution in [-0.4, -0.2) is 51.1 Å². The Hall–Kier alpha value is -3.24. The van der Waals surface area contributed by atoms with Gasteiger partial charge in [-0.2, -0.15) is 0 Å². The lowest BCUT2D eigenvalue weighted by molar-refractivity contribution is -0.384. The molecule has 0 spiro atoms. The van der Waals surface area contributed by atoms with Gasteiger partial charge in [-0.05, 0) is 19.4 Å². The van der Waals surface area contributed by atoms with Crippen molar-refractivity contribution in [2.45, 2.75) is 26.1 Å². The van der Waals surface area contributed by atoms with Gasteiger partial charge in [-0.3, -0.25) is 10.1 Å². The van der Waals surface area contributed by atoms with Crippen molar-refractivity contribution in [3.05, 3.63) is 62.5 Å².